The molecule has 1 aliphatic carbocycles. The van der Waals surface area contributed by atoms with Gasteiger partial charge in [0.05, 0.1) is 6.61 Å². The molecule has 0 saturated heterocycles. The van der Waals surface area contributed by atoms with E-state index in [0.29, 0.717) is 0 Å². The van der Waals surface area contributed by atoms with Crippen LogP contribution in [0.2, 0.25) is 0 Å². The fourth-order valence-electron chi connectivity index (χ4n) is 1.84. The molecule has 1 fully saturated rings. The van der Waals surface area contributed by atoms with Crippen molar-refractivity contribution in [2.75, 3.05) is 6.61 Å². The first kappa shape index (κ1) is 10.8. The number of halogens is 6. The molecule has 0 aromatic heterocycles. The van der Waals surface area contributed by atoms with Crippen LogP contribution < -0.4 is 0 Å². The van der Waals surface area contributed by atoms with Crippen molar-refractivity contribution in [3.8, 4) is 0 Å². The van der Waals surface area contributed by atoms with Crippen LogP contribution in [0.4, 0.5) is 26.3 Å². The quantitative estimate of drug-likeness (QED) is 0.460. The van der Waals surface area contributed by atoms with E-state index in [0.717, 1.165) is 6.08 Å². The van der Waals surface area contributed by atoms with E-state index in [9.17, 15) is 26.3 Å². The zero-order chi connectivity index (χ0) is 11.5. The molecule has 7 heteroatoms. The van der Waals surface area contributed by atoms with Gasteiger partial charge in [0.1, 0.15) is 0 Å². The van der Waals surface area contributed by atoms with Crippen molar-refractivity contribution in [1.29, 1.82) is 0 Å². The first-order valence-electron chi connectivity index (χ1n) is 4.13. The number of rotatable bonds is 0. The van der Waals surface area contributed by atoms with E-state index < -0.39 is 36.4 Å². The molecular weight excluding hydrogens is 226 g/mol. The van der Waals surface area contributed by atoms with Gasteiger partial charge in [0.25, 0.3) is 0 Å². The first-order valence-corrected chi connectivity index (χ1v) is 4.13. The third-order valence-corrected chi connectivity index (χ3v) is 2.80. The summed E-state index contributed by atoms with van der Waals surface area (Å²) in [5.41, 5.74) is -3.38. The first-order chi connectivity index (χ1) is 6.71. The van der Waals surface area contributed by atoms with Gasteiger partial charge in [0, 0.05) is 6.42 Å². The molecule has 0 atom stereocenters. The Balaban J connectivity index is 2.46. The number of hydrogen-bond acceptors (Lipinski definition) is 1. The maximum absolute atomic E-state index is 13.0. The minimum atomic E-state index is -5.34. The Kier molecular flexibility index (Phi) is 1.80. The van der Waals surface area contributed by atoms with E-state index in [2.05, 4.69) is 4.74 Å². The van der Waals surface area contributed by atoms with Crippen molar-refractivity contribution >= 4 is 0 Å². The van der Waals surface area contributed by atoms with Gasteiger partial charge >= 0.3 is 17.8 Å². The van der Waals surface area contributed by atoms with Gasteiger partial charge < -0.3 is 4.74 Å². The zero-order valence-electron chi connectivity index (χ0n) is 7.24. The van der Waals surface area contributed by atoms with Gasteiger partial charge in [-0.25, -0.2) is 0 Å². The van der Waals surface area contributed by atoms with Crippen molar-refractivity contribution in [3.05, 3.63) is 12.2 Å². The number of ether oxygens (including phenoxy) is 1. The molecule has 1 spiro atoms. The highest BCUT2D eigenvalue weighted by atomic mass is 19.4. The summed E-state index contributed by atoms with van der Waals surface area (Å²) in [6.45, 7) is -0.513. The van der Waals surface area contributed by atoms with Crippen LogP contribution in [0.3, 0.4) is 0 Å². The molecule has 0 radical (unpaired) electrons. The zero-order valence-corrected chi connectivity index (χ0v) is 7.24. The highest BCUT2D eigenvalue weighted by Crippen LogP contribution is 2.69. The Labute approximate surface area is 80.7 Å². The highest BCUT2D eigenvalue weighted by Gasteiger charge is 2.98. The van der Waals surface area contributed by atoms with Gasteiger partial charge in [-0.15, -0.1) is 0 Å². The molecule has 0 unspecified atom stereocenters. The lowest BCUT2D eigenvalue weighted by molar-refractivity contribution is -0.496. The van der Waals surface area contributed by atoms with Crippen LogP contribution in [0.25, 0.3) is 0 Å². The predicted molar refractivity (Wildman–Crippen MR) is 37.3 cm³/mol. The Morgan fingerprint density at radius 1 is 0.800 bits per heavy atom. The lowest BCUT2D eigenvalue weighted by Gasteiger charge is -2.58. The fourth-order valence-corrected chi connectivity index (χ4v) is 1.84. The molecular formula is C8H6F6O. The molecule has 0 aromatic rings. The summed E-state index contributed by atoms with van der Waals surface area (Å²) in [5, 5.41) is 0. The van der Waals surface area contributed by atoms with Gasteiger partial charge in [0.15, 0.2) is 0 Å². The number of hydrogen-bond donors (Lipinski definition) is 0. The van der Waals surface area contributed by atoms with E-state index in [1.54, 1.807) is 0 Å². The lowest BCUT2D eigenvalue weighted by atomic mass is 9.65. The van der Waals surface area contributed by atoms with Gasteiger partial charge in [-0.1, -0.05) is 12.2 Å². The van der Waals surface area contributed by atoms with Crippen LogP contribution in [0, 0.1) is 0 Å². The average Bonchev–Trinajstić information content (AvgIpc) is 2.17. The van der Waals surface area contributed by atoms with Crippen LogP contribution >= 0.6 is 0 Å². The highest BCUT2D eigenvalue weighted by molar-refractivity contribution is 5.30. The Morgan fingerprint density at radius 2 is 1.33 bits per heavy atom. The minimum absolute atomic E-state index is 0.513. The van der Waals surface area contributed by atoms with E-state index in [4.69, 9.17) is 0 Å². The van der Waals surface area contributed by atoms with E-state index in [-0.39, 0.29) is 0 Å². The Morgan fingerprint density at radius 3 is 1.73 bits per heavy atom. The van der Waals surface area contributed by atoms with Crippen LogP contribution in [-0.2, 0) is 4.74 Å². The maximum Gasteiger partial charge on any atom is 0.378 e. The molecule has 0 bridgehead atoms. The maximum atomic E-state index is 13.0. The second kappa shape index (κ2) is 2.50. The summed E-state index contributed by atoms with van der Waals surface area (Å²) in [6, 6.07) is 0. The molecule has 2 aliphatic rings. The molecule has 0 amide bonds. The molecule has 0 N–H and O–H groups in total. The van der Waals surface area contributed by atoms with Crippen LogP contribution in [-0.4, -0.2) is 30.0 Å². The second-order valence-electron chi connectivity index (χ2n) is 3.54. The van der Waals surface area contributed by atoms with Crippen LogP contribution in [0.15, 0.2) is 12.2 Å². The summed E-state index contributed by atoms with van der Waals surface area (Å²) >= 11 is 0. The SMILES string of the molecule is FC1(F)C(F)(F)C2(CC=CCO2)C1(F)F. The Hall–Kier alpha value is -0.720. The topological polar surface area (TPSA) is 9.23 Å². The fraction of sp³-hybridized carbons (Fsp3) is 0.750. The van der Waals surface area contributed by atoms with E-state index in [1.807, 2.05) is 0 Å². The average molecular weight is 232 g/mol. The van der Waals surface area contributed by atoms with Gasteiger partial charge in [0.2, 0.25) is 5.60 Å². The van der Waals surface area contributed by atoms with Crippen LogP contribution in [0.1, 0.15) is 6.42 Å². The summed E-state index contributed by atoms with van der Waals surface area (Å²) in [5.74, 6) is -15.0. The molecule has 1 heterocycles. The summed E-state index contributed by atoms with van der Waals surface area (Å²) in [7, 11) is 0. The predicted octanol–water partition coefficient (Wildman–Crippen LogP) is 2.62. The molecule has 15 heavy (non-hydrogen) atoms. The summed E-state index contributed by atoms with van der Waals surface area (Å²) in [4.78, 5) is 0. The third-order valence-electron chi connectivity index (χ3n) is 2.80. The van der Waals surface area contributed by atoms with Crippen molar-refractivity contribution in [1.82, 2.24) is 0 Å². The van der Waals surface area contributed by atoms with E-state index >= 15 is 0 Å². The van der Waals surface area contributed by atoms with Crippen molar-refractivity contribution in [2.24, 2.45) is 0 Å². The smallest absolute Gasteiger partial charge is 0.358 e. The molecule has 86 valence electrons. The largest absolute Gasteiger partial charge is 0.378 e. The standard InChI is InChI=1S/C8H6F6O/c9-6(10)5(3-1-2-4-15-5)7(11,12)8(6,13)14/h1-2H,3-4H2. The van der Waals surface area contributed by atoms with Gasteiger partial charge in [-0.3, -0.25) is 0 Å². The lowest BCUT2D eigenvalue weighted by Crippen LogP contribution is -2.87. The molecule has 2 rings (SSSR count). The van der Waals surface area contributed by atoms with Crippen molar-refractivity contribution in [2.45, 2.75) is 29.8 Å². The molecule has 1 nitrogen and oxygen atoms in total. The summed E-state index contributed by atoms with van der Waals surface area (Å²) < 4.78 is 81.1. The molecule has 0 aromatic carbocycles. The Bertz CT molecular complexity index is 303. The van der Waals surface area contributed by atoms with Gasteiger partial charge in [-0.05, 0) is 0 Å². The summed E-state index contributed by atoms with van der Waals surface area (Å²) in [6.07, 6.45) is 1.32. The normalized spacial score (nSPS) is 33.7. The van der Waals surface area contributed by atoms with Gasteiger partial charge in [-0.2, -0.15) is 26.3 Å². The third kappa shape index (κ3) is 0.824. The molecule has 1 saturated carbocycles. The molecule has 1 aliphatic heterocycles. The van der Waals surface area contributed by atoms with Crippen molar-refractivity contribution < 1.29 is 31.1 Å². The van der Waals surface area contributed by atoms with Crippen molar-refractivity contribution in [3.63, 3.8) is 0 Å². The number of alkyl halides is 6. The van der Waals surface area contributed by atoms with Crippen LogP contribution in [0.5, 0.6) is 0 Å². The monoisotopic (exact) mass is 232 g/mol. The van der Waals surface area contributed by atoms with E-state index in [1.165, 1.54) is 6.08 Å². The second-order valence-corrected chi connectivity index (χ2v) is 3.54. The minimum Gasteiger partial charge on any atom is -0.358 e.